The molecule has 1 aromatic rings. The van der Waals surface area contributed by atoms with Gasteiger partial charge in [-0.3, -0.25) is 0 Å². The van der Waals surface area contributed by atoms with Gasteiger partial charge in [0.25, 0.3) is 0 Å². The molecule has 1 fully saturated rings. The molecule has 1 unspecified atom stereocenters. The number of benzene rings is 1. The quantitative estimate of drug-likeness (QED) is 0.910. The summed E-state index contributed by atoms with van der Waals surface area (Å²) in [7, 11) is 0.105. The van der Waals surface area contributed by atoms with Crippen LogP contribution in [0.3, 0.4) is 0 Å². The molecular weight excluding hydrogens is 276 g/mol. The number of likely N-dealkylation sites (N-methyl/N-ethyl adjacent to an activating group) is 1. The summed E-state index contributed by atoms with van der Waals surface area (Å²) in [5.41, 5.74) is 1.52. The van der Waals surface area contributed by atoms with Crippen LogP contribution in [-0.4, -0.2) is 46.6 Å². The third-order valence-corrected chi connectivity index (χ3v) is 5.36. The van der Waals surface area contributed by atoms with Gasteiger partial charge in [0.1, 0.15) is 5.75 Å². The minimum absolute atomic E-state index is 0.00759. The molecule has 0 aliphatic carbocycles. The van der Waals surface area contributed by atoms with Gasteiger partial charge in [-0.1, -0.05) is 0 Å². The Morgan fingerprint density at radius 2 is 2.00 bits per heavy atom. The van der Waals surface area contributed by atoms with Crippen molar-refractivity contribution in [2.75, 3.05) is 27.2 Å². The van der Waals surface area contributed by atoms with Crippen molar-refractivity contribution in [3.63, 3.8) is 0 Å². The summed E-state index contributed by atoms with van der Waals surface area (Å²) in [6.45, 7) is 5.32. The van der Waals surface area contributed by atoms with Crippen LogP contribution in [0.5, 0.6) is 5.75 Å². The Kier molecular flexibility index (Phi) is 4.36. The summed E-state index contributed by atoms with van der Waals surface area (Å²) in [5, 5.41) is 0. The fourth-order valence-electron chi connectivity index (χ4n) is 2.59. The summed E-state index contributed by atoms with van der Waals surface area (Å²) in [6.07, 6.45) is 0.851. The van der Waals surface area contributed by atoms with Crippen LogP contribution in [0, 0.1) is 13.8 Å². The molecule has 0 radical (unpaired) electrons. The lowest BCUT2D eigenvalue weighted by atomic mass is 10.1. The van der Waals surface area contributed by atoms with E-state index in [9.17, 15) is 8.42 Å². The molecule has 0 spiro atoms. The second kappa shape index (κ2) is 5.71. The molecule has 1 aromatic carbocycles. The molecule has 1 aliphatic rings. The van der Waals surface area contributed by atoms with Gasteiger partial charge in [-0.05, 0) is 57.1 Å². The molecule has 0 saturated carbocycles. The van der Waals surface area contributed by atoms with E-state index in [-0.39, 0.29) is 6.04 Å². The first-order valence-corrected chi connectivity index (χ1v) is 8.18. The number of likely N-dealkylation sites (tertiary alicyclic amines) is 1. The van der Waals surface area contributed by atoms with E-state index in [1.807, 2.05) is 14.0 Å². The van der Waals surface area contributed by atoms with Gasteiger partial charge >= 0.3 is 0 Å². The predicted molar refractivity (Wildman–Crippen MR) is 78.7 cm³/mol. The number of nitrogens with one attached hydrogen (secondary N) is 1. The Morgan fingerprint density at radius 1 is 1.30 bits per heavy atom. The number of nitrogens with zero attached hydrogens (tertiary/aromatic N) is 1. The minimum Gasteiger partial charge on any atom is -0.496 e. The summed E-state index contributed by atoms with van der Waals surface area (Å²) in [5.74, 6) is 0.710. The standard InChI is InChI=1S/C14H22N2O3S/c1-10-8-14(11(2)7-13(10)19-4)20(17,18)15-12-5-6-16(3)9-12/h7-8,12,15H,5-6,9H2,1-4H3. The highest BCUT2D eigenvalue weighted by atomic mass is 32.2. The molecule has 112 valence electrons. The first-order valence-electron chi connectivity index (χ1n) is 6.69. The zero-order chi connectivity index (χ0) is 14.9. The lowest BCUT2D eigenvalue weighted by molar-refractivity contribution is 0.407. The number of aryl methyl sites for hydroxylation is 2. The van der Waals surface area contributed by atoms with Crippen molar-refractivity contribution in [3.05, 3.63) is 23.3 Å². The van der Waals surface area contributed by atoms with E-state index in [1.54, 1.807) is 26.2 Å². The number of methoxy groups -OCH3 is 1. The molecule has 0 amide bonds. The van der Waals surface area contributed by atoms with Crippen LogP contribution < -0.4 is 9.46 Å². The van der Waals surface area contributed by atoms with Crippen molar-refractivity contribution in [1.82, 2.24) is 9.62 Å². The monoisotopic (exact) mass is 298 g/mol. The van der Waals surface area contributed by atoms with E-state index < -0.39 is 10.0 Å². The fourth-order valence-corrected chi connectivity index (χ4v) is 4.16. The molecular formula is C14H22N2O3S. The molecule has 2 rings (SSSR count). The molecule has 1 heterocycles. The molecule has 1 N–H and O–H groups in total. The van der Waals surface area contributed by atoms with Crippen LogP contribution >= 0.6 is 0 Å². The number of ether oxygens (including phenoxy) is 1. The van der Waals surface area contributed by atoms with Crippen molar-refractivity contribution < 1.29 is 13.2 Å². The first kappa shape index (κ1) is 15.3. The highest BCUT2D eigenvalue weighted by molar-refractivity contribution is 7.89. The highest BCUT2D eigenvalue weighted by Gasteiger charge is 2.26. The maximum absolute atomic E-state index is 12.5. The van der Waals surface area contributed by atoms with Crippen LogP contribution in [0.25, 0.3) is 0 Å². The van der Waals surface area contributed by atoms with Gasteiger partial charge in [-0.15, -0.1) is 0 Å². The predicted octanol–water partition coefficient (Wildman–Crippen LogP) is 1.29. The molecule has 20 heavy (non-hydrogen) atoms. The van der Waals surface area contributed by atoms with Gasteiger partial charge in [0.15, 0.2) is 0 Å². The Balaban J connectivity index is 2.27. The van der Waals surface area contributed by atoms with Crippen molar-refractivity contribution >= 4 is 10.0 Å². The van der Waals surface area contributed by atoms with Crippen molar-refractivity contribution in [2.45, 2.75) is 31.2 Å². The SMILES string of the molecule is COc1cc(C)c(S(=O)(=O)NC2CCN(C)C2)cc1C. The average molecular weight is 298 g/mol. The second-order valence-corrected chi connectivity index (χ2v) is 7.14. The molecule has 0 aromatic heterocycles. The molecule has 5 nitrogen and oxygen atoms in total. The van der Waals surface area contributed by atoms with Crippen LogP contribution in [0.1, 0.15) is 17.5 Å². The van der Waals surface area contributed by atoms with E-state index in [1.165, 1.54) is 0 Å². The largest absolute Gasteiger partial charge is 0.496 e. The van der Waals surface area contributed by atoms with Crippen LogP contribution in [0.2, 0.25) is 0 Å². The fraction of sp³-hybridized carbons (Fsp3) is 0.571. The Hall–Kier alpha value is -1.11. The summed E-state index contributed by atoms with van der Waals surface area (Å²) < 4.78 is 33.0. The molecule has 0 bridgehead atoms. The smallest absolute Gasteiger partial charge is 0.241 e. The summed E-state index contributed by atoms with van der Waals surface area (Å²) in [4.78, 5) is 2.46. The van der Waals surface area contributed by atoms with E-state index in [0.717, 1.165) is 25.1 Å². The van der Waals surface area contributed by atoms with Gasteiger partial charge in [0, 0.05) is 12.6 Å². The minimum atomic E-state index is -3.48. The maximum Gasteiger partial charge on any atom is 0.241 e. The van der Waals surface area contributed by atoms with E-state index >= 15 is 0 Å². The van der Waals surface area contributed by atoms with E-state index in [4.69, 9.17) is 4.74 Å². The normalized spacial score (nSPS) is 20.3. The van der Waals surface area contributed by atoms with Gasteiger partial charge in [0.05, 0.1) is 12.0 Å². The summed E-state index contributed by atoms with van der Waals surface area (Å²) in [6, 6.07) is 3.44. The van der Waals surface area contributed by atoms with Crippen molar-refractivity contribution in [2.24, 2.45) is 0 Å². The van der Waals surface area contributed by atoms with E-state index in [2.05, 4.69) is 9.62 Å². The zero-order valence-electron chi connectivity index (χ0n) is 12.4. The van der Waals surface area contributed by atoms with Crippen LogP contribution in [-0.2, 0) is 10.0 Å². The zero-order valence-corrected chi connectivity index (χ0v) is 13.3. The molecule has 1 atom stereocenters. The van der Waals surface area contributed by atoms with Crippen molar-refractivity contribution in [3.8, 4) is 5.75 Å². The second-order valence-electron chi connectivity index (χ2n) is 5.46. The van der Waals surface area contributed by atoms with Gasteiger partial charge in [-0.25, -0.2) is 13.1 Å². The Morgan fingerprint density at radius 3 is 2.55 bits per heavy atom. The number of rotatable bonds is 4. The molecule has 1 aliphatic heterocycles. The number of hydrogen-bond acceptors (Lipinski definition) is 4. The van der Waals surface area contributed by atoms with Crippen LogP contribution in [0.4, 0.5) is 0 Å². The summed E-state index contributed by atoms with van der Waals surface area (Å²) >= 11 is 0. The lowest BCUT2D eigenvalue weighted by Gasteiger charge is -2.16. The van der Waals surface area contributed by atoms with Gasteiger partial charge < -0.3 is 9.64 Å². The topological polar surface area (TPSA) is 58.6 Å². The van der Waals surface area contributed by atoms with Gasteiger partial charge in [-0.2, -0.15) is 0 Å². The third kappa shape index (κ3) is 3.13. The lowest BCUT2D eigenvalue weighted by Crippen LogP contribution is -2.36. The van der Waals surface area contributed by atoms with Crippen LogP contribution in [0.15, 0.2) is 17.0 Å². The average Bonchev–Trinajstić information content (AvgIpc) is 2.76. The Bertz CT molecular complexity index is 599. The molecule has 6 heteroatoms. The van der Waals surface area contributed by atoms with Gasteiger partial charge in [0.2, 0.25) is 10.0 Å². The Labute approximate surface area is 121 Å². The van der Waals surface area contributed by atoms with E-state index in [0.29, 0.717) is 16.2 Å². The highest BCUT2D eigenvalue weighted by Crippen LogP contribution is 2.26. The first-order chi connectivity index (χ1) is 9.33. The number of sulfonamides is 1. The van der Waals surface area contributed by atoms with Crippen molar-refractivity contribution in [1.29, 1.82) is 0 Å². The number of hydrogen-bond donors (Lipinski definition) is 1. The molecule has 1 saturated heterocycles. The third-order valence-electron chi connectivity index (χ3n) is 3.70. The maximum atomic E-state index is 12.5.